The number of rotatable bonds is 7. The van der Waals surface area contributed by atoms with E-state index in [1.165, 1.54) is 17.0 Å². The van der Waals surface area contributed by atoms with Gasteiger partial charge in [0.15, 0.2) is 0 Å². The molecule has 1 aliphatic heterocycles. The van der Waals surface area contributed by atoms with Crippen LogP contribution < -0.4 is 4.90 Å². The van der Waals surface area contributed by atoms with E-state index < -0.39 is 10.0 Å². The van der Waals surface area contributed by atoms with E-state index >= 15 is 0 Å². The summed E-state index contributed by atoms with van der Waals surface area (Å²) in [6.07, 6.45) is 0. The Kier molecular flexibility index (Phi) is 6.69. The Morgan fingerprint density at radius 3 is 2.31 bits per heavy atom. The van der Waals surface area contributed by atoms with E-state index in [9.17, 15) is 12.8 Å². The Morgan fingerprint density at radius 1 is 1.00 bits per heavy atom. The molecule has 26 heavy (non-hydrogen) atoms. The molecule has 2 aromatic rings. The van der Waals surface area contributed by atoms with Gasteiger partial charge in [-0.3, -0.25) is 0 Å². The van der Waals surface area contributed by atoms with Crippen molar-refractivity contribution in [1.29, 1.82) is 0 Å². The molecule has 0 aliphatic carbocycles. The Bertz CT molecular complexity index is 790. The maximum atomic E-state index is 12.9. The van der Waals surface area contributed by atoms with Gasteiger partial charge in [0.05, 0.1) is 38.5 Å². The summed E-state index contributed by atoms with van der Waals surface area (Å²) in [6.45, 7) is 3.79. The van der Waals surface area contributed by atoms with Gasteiger partial charge in [-0.2, -0.15) is 4.31 Å². The highest BCUT2D eigenvalue weighted by Gasteiger charge is 2.28. The molecule has 0 saturated carbocycles. The van der Waals surface area contributed by atoms with Gasteiger partial charge >= 0.3 is 0 Å². The number of hydrogen-bond acceptors (Lipinski definition) is 3. The van der Waals surface area contributed by atoms with Crippen LogP contribution in [0.5, 0.6) is 0 Å². The zero-order valence-corrected chi connectivity index (χ0v) is 16.2. The third-order valence-corrected chi connectivity index (χ3v) is 7.42. The largest absolute Gasteiger partial charge is 0.332 e. The molecule has 1 fully saturated rings. The normalized spacial score (nSPS) is 16.7. The lowest BCUT2D eigenvalue weighted by atomic mass is 10.2. The number of quaternary nitrogens is 1. The van der Waals surface area contributed by atoms with E-state index in [0.29, 0.717) is 13.1 Å². The van der Waals surface area contributed by atoms with Gasteiger partial charge in [0.1, 0.15) is 5.82 Å². The van der Waals surface area contributed by atoms with Crippen LogP contribution >= 0.6 is 11.8 Å². The minimum absolute atomic E-state index is 0.0730. The van der Waals surface area contributed by atoms with E-state index in [-0.39, 0.29) is 11.6 Å². The van der Waals surface area contributed by atoms with Gasteiger partial charge in [-0.05, 0) is 29.8 Å². The summed E-state index contributed by atoms with van der Waals surface area (Å²) in [5.74, 6) is 0.800. The van der Waals surface area contributed by atoms with Crippen LogP contribution in [0.3, 0.4) is 0 Å². The highest BCUT2D eigenvalue weighted by Crippen LogP contribution is 2.17. The summed E-state index contributed by atoms with van der Waals surface area (Å²) in [5.41, 5.74) is 0.831. The van der Waals surface area contributed by atoms with Crippen LogP contribution in [0.2, 0.25) is 0 Å². The predicted octanol–water partition coefficient (Wildman–Crippen LogP) is 1.65. The Balaban J connectivity index is 1.43. The first-order valence-electron chi connectivity index (χ1n) is 8.77. The van der Waals surface area contributed by atoms with E-state index in [1.54, 1.807) is 28.2 Å². The molecule has 0 unspecified atom stereocenters. The summed E-state index contributed by atoms with van der Waals surface area (Å²) in [7, 11) is -3.25. The third-order valence-electron chi connectivity index (χ3n) is 4.55. The topological polar surface area (TPSA) is 41.8 Å². The first kappa shape index (κ1) is 19.4. The molecule has 0 amide bonds. The molecule has 140 valence electrons. The van der Waals surface area contributed by atoms with Crippen molar-refractivity contribution < 1.29 is 17.7 Å². The van der Waals surface area contributed by atoms with Crippen LogP contribution in [0.4, 0.5) is 4.39 Å². The lowest BCUT2D eigenvalue weighted by Gasteiger charge is -2.31. The fourth-order valence-corrected chi connectivity index (χ4v) is 5.54. The van der Waals surface area contributed by atoms with Crippen LogP contribution in [0.1, 0.15) is 5.56 Å². The van der Waals surface area contributed by atoms with Gasteiger partial charge in [0, 0.05) is 10.6 Å². The monoisotopic (exact) mass is 395 g/mol. The van der Waals surface area contributed by atoms with Crippen LogP contribution in [-0.4, -0.2) is 51.2 Å². The summed E-state index contributed by atoms with van der Waals surface area (Å²) in [4.78, 5) is 2.49. The molecule has 7 heteroatoms. The molecule has 0 aromatic heterocycles. The van der Waals surface area contributed by atoms with Crippen molar-refractivity contribution in [2.24, 2.45) is 0 Å². The molecule has 0 radical (unpaired) electrons. The van der Waals surface area contributed by atoms with Crippen molar-refractivity contribution in [1.82, 2.24) is 4.31 Å². The van der Waals surface area contributed by atoms with Crippen LogP contribution in [0, 0.1) is 5.82 Å². The van der Waals surface area contributed by atoms with Crippen LogP contribution in [0.15, 0.2) is 59.5 Å². The Hall–Kier alpha value is -1.41. The number of thioether (sulfide) groups is 1. The second kappa shape index (κ2) is 8.99. The SMILES string of the molecule is O=S(=O)(Cc1ccccc1)N1CC[NH+](CCSc2ccc(F)cc2)CC1. The number of hydrogen-bond donors (Lipinski definition) is 1. The van der Waals surface area contributed by atoms with Crippen molar-refractivity contribution in [2.75, 3.05) is 38.5 Å². The number of benzene rings is 2. The zero-order valence-electron chi connectivity index (χ0n) is 14.6. The average molecular weight is 396 g/mol. The van der Waals surface area contributed by atoms with E-state index in [1.807, 2.05) is 30.3 Å². The number of piperazine rings is 1. The second-order valence-electron chi connectivity index (χ2n) is 6.44. The van der Waals surface area contributed by atoms with Crippen molar-refractivity contribution in [3.05, 3.63) is 66.0 Å². The average Bonchev–Trinajstić information content (AvgIpc) is 2.64. The fourth-order valence-electron chi connectivity index (χ4n) is 3.05. The first-order valence-corrected chi connectivity index (χ1v) is 11.4. The summed E-state index contributed by atoms with van der Waals surface area (Å²) in [6, 6.07) is 15.9. The molecule has 1 aliphatic rings. The minimum Gasteiger partial charge on any atom is -0.332 e. The highest BCUT2D eigenvalue weighted by atomic mass is 32.2. The van der Waals surface area contributed by atoms with Crippen LogP contribution in [0.25, 0.3) is 0 Å². The van der Waals surface area contributed by atoms with Crippen molar-refractivity contribution in [3.8, 4) is 0 Å². The molecule has 4 nitrogen and oxygen atoms in total. The van der Waals surface area contributed by atoms with Crippen LogP contribution in [-0.2, 0) is 15.8 Å². The van der Waals surface area contributed by atoms with Crippen molar-refractivity contribution in [2.45, 2.75) is 10.6 Å². The van der Waals surface area contributed by atoms with E-state index in [0.717, 1.165) is 35.8 Å². The minimum atomic E-state index is -3.25. The van der Waals surface area contributed by atoms with Crippen molar-refractivity contribution in [3.63, 3.8) is 0 Å². The van der Waals surface area contributed by atoms with Gasteiger partial charge in [0.25, 0.3) is 0 Å². The standard InChI is InChI=1S/C19H23FN2O2S2/c20-18-6-8-19(9-7-18)25-15-14-21-10-12-22(13-11-21)26(23,24)16-17-4-2-1-3-5-17/h1-9H,10-16H2/p+1. The fraction of sp³-hybridized carbons (Fsp3) is 0.368. The molecule has 1 N–H and O–H groups in total. The van der Waals surface area contributed by atoms with Gasteiger partial charge in [-0.1, -0.05) is 30.3 Å². The lowest BCUT2D eigenvalue weighted by molar-refractivity contribution is -0.901. The summed E-state index contributed by atoms with van der Waals surface area (Å²) < 4.78 is 39.7. The molecule has 0 bridgehead atoms. The zero-order chi connectivity index (χ0) is 18.4. The lowest BCUT2D eigenvalue weighted by Crippen LogP contribution is -3.15. The Morgan fingerprint density at radius 2 is 1.65 bits per heavy atom. The van der Waals surface area contributed by atoms with Gasteiger partial charge in [-0.25, -0.2) is 12.8 Å². The number of nitrogens with one attached hydrogen (secondary N) is 1. The predicted molar refractivity (Wildman–Crippen MR) is 103 cm³/mol. The molecule has 0 spiro atoms. The Labute approximate surface area is 159 Å². The van der Waals surface area contributed by atoms with E-state index in [2.05, 4.69) is 0 Å². The number of sulfonamides is 1. The van der Waals surface area contributed by atoms with Gasteiger partial charge in [0.2, 0.25) is 10.0 Å². The molecule has 1 saturated heterocycles. The second-order valence-corrected chi connectivity index (χ2v) is 9.58. The molecular formula is C19H24FN2O2S2+. The van der Waals surface area contributed by atoms with Gasteiger partial charge < -0.3 is 4.90 Å². The number of halogens is 1. The third kappa shape index (κ3) is 5.54. The highest BCUT2D eigenvalue weighted by molar-refractivity contribution is 7.99. The first-order chi connectivity index (χ1) is 12.5. The van der Waals surface area contributed by atoms with E-state index in [4.69, 9.17) is 0 Å². The molecular weight excluding hydrogens is 371 g/mol. The van der Waals surface area contributed by atoms with Gasteiger partial charge in [-0.15, -0.1) is 11.8 Å². The molecule has 3 rings (SSSR count). The summed E-state index contributed by atoms with van der Waals surface area (Å²) >= 11 is 1.71. The maximum Gasteiger partial charge on any atom is 0.218 e. The van der Waals surface area contributed by atoms with Crippen molar-refractivity contribution >= 4 is 21.8 Å². The molecule has 1 heterocycles. The molecule has 2 aromatic carbocycles. The smallest absolute Gasteiger partial charge is 0.218 e. The molecule has 0 atom stereocenters. The number of nitrogens with zero attached hydrogens (tertiary/aromatic N) is 1. The summed E-state index contributed by atoms with van der Waals surface area (Å²) in [5, 5.41) is 0. The maximum absolute atomic E-state index is 12.9. The quantitative estimate of drug-likeness (QED) is 0.725.